The van der Waals surface area contributed by atoms with Crippen LogP contribution in [0.5, 0.6) is 5.75 Å². The Bertz CT molecular complexity index is 754. The molecular formula is C15H14ClN3O. The van der Waals surface area contributed by atoms with Gasteiger partial charge in [-0.25, -0.2) is 4.98 Å². The molecule has 0 saturated heterocycles. The largest absolute Gasteiger partial charge is 0.486 e. The van der Waals surface area contributed by atoms with Crippen LogP contribution >= 0.6 is 11.6 Å². The van der Waals surface area contributed by atoms with Crippen LogP contribution in [-0.2, 0) is 7.05 Å². The van der Waals surface area contributed by atoms with Crippen molar-refractivity contribution >= 4 is 22.4 Å². The van der Waals surface area contributed by atoms with Crippen molar-refractivity contribution in [2.45, 2.75) is 13.0 Å². The monoisotopic (exact) mass is 287 g/mol. The van der Waals surface area contributed by atoms with Crippen LogP contribution in [0.4, 0.5) is 0 Å². The first-order chi connectivity index (χ1) is 9.63. The van der Waals surface area contributed by atoms with Crippen molar-refractivity contribution in [2.24, 2.45) is 7.05 Å². The van der Waals surface area contributed by atoms with Crippen molar-refractivity contribution in [1.29, 1.82) is 0 Å². The predicted octanol–water partition coefficient (Wildman–Crippen LogP) is 3.76. The van der Waals surface area contributed by atoms with Crippen LogP contribution < -0.4 is 4.74 Å². The molecule has 2 aromatic heterocycles. The van der Waals surface area contributed by atoms with Crippen LogP contribution in [0, 0.1) is 0 Å². The number of fused-ring (bicyclic) bond motifs is 1. The molecule has 0 fully saturated rings. The molecule has 0 aliphatic rings. The molecule has 0 aliphatic heterocycles. The number of benzene rings is 1. The molecule has 0 spiro atoms. The Morgan fingerprint density at radius 1 is 1.30 bits per heavy atom. The number of pyridine rings is 1. The highest BCUT2D eigenvalue weighted by Crippen LogP contribution is 2.28. The van der Waals surface area contributed by atoms with Crippen molar-refractivity contribution in [1.82, 2.24) is 14.8 Å². The first-order valence-corrected chi connectivity index (χ1v) is 6.71. The van der Waals surface area contributed by atoms with Gasteiger partial charge in [0.2, 0.25) is 0 Å². The normalized spacial score (nSPS) is 12.6. The average molecular weight is 288 g/mol. The lowest BCUT2D eigenvalue weighted by Gasteiger charge is -2.13. The number of halogens is 1. The molecule has 20 heavy (non-hydrogen) atoms. The van der Waals surface area contributed by atoms with Gasteiger partial charge in [0.1, 0.15) is 17.0 Å². The highest BCUT2D eigenvalue weighted by molar-refractivity contribution is 6.34. The standard InChI is InChI=1S/C15H14ClN3O/c1-10(12-8-18-19(2)9-12)20-13-3-4-14-11(7-13)5-6-17-15(14)16/h3-10H,1-2H3. The molecule has 4 nitrogen and oxygen atoms in total. The Labute approximate surface area is 122 Å². The molecule has 3 rings (SSSR count). The van der Waals surface area contributed by atoms with E-state index < -0.39 is 0 Å². The fourth-order valence-corrected chi connectivity index (χ4v) is 2.34. The minimum atomic E-state index is -0.0570. The molecule has 0 saturated carbocycles. The van der Waals surface area contributed by atoms with E-state index in [9.17, 15) is 0 Å². The van der Waals surface area contributed by atoms with E-state index in [1.807, 2.05) is 50.6 Å². The van der Waals surface area contributed by atoms with Crippen molar-refractivity contribution < 1.29 is 4.74 Å². The molecule has 3 aromatic rings. The lowest BCUT2D eigenvalue weighted by molar-refractivity contribution is 0.227. The fraction of sp³-hybridized carbons (Fsp3) is 0.200. The van der Waals surface area contributed by atoms with Gasteiger partial charge in [0.25, 0.3) is 0 Å². The van der Waals surface area contributed by atoms with Crippen LogP contribution in [-0.4, -0.2) is 14.8 Å². The number of nitrogens with zero attached hydrogens (tertiary/aromatic N) is 3. The summed E-state index contributed by atoms with van der Waals surface area (Å²) in [5.41, 5.74) is 1.04. The van der Waals surface area contributed by atoms with Crippen LogP contribution in [0.1, 0.15) is 18.6 Å². The van der Waals surface area contributed by atoms with Crippen molar-refractivity contribution in [2.75, 3.05) is 0 Å². The number of rotatable bonds is 3. The van der Waals surface area contributed by atoms with Crippen LogP contribution in [0.15, 0.2) is 42.9 Å². The summed E-state index contributed by atoms with van der Waals surface area (Å²) in [6, 6.07) is 7.72. The molecule has 1 unspecified atom stereocenters. The summed E-state index contributed by atoms with van der Waals surface area (Å²) >= 11 is 6.05. The summed E-state index contributed by atoms with van der Waals surface area (Å²) in [4.78, 5) is 4.06. The van der Waals surface area contributed by atoms with Gasteiger partial charge in [-0.1, -0.05) is 11.6 Å². The third-order valence-corrected chi connectivity index (χ3v) is 3.50. The summed E-state index contributed by atoms with van der Waals surface area (Å²) in [7, 11) is 1.89. The van der Waals surface area contributed by atoms with Crippen molar-refractivity contribution in [3.05, 3.63) is 53.6 Å². The Hall–Kier alpha value is -2.07. The molecule has 102 valence electrons. The van der Waals surface area contributed by atoms with E-state index in [4.69, 9.17) is 16.3 Å². The van der Waals surface area contributed by atoms with E-state index in [0.29, 0.717) is 5.15 Å². The van der Waals surface area contributed by atoms with Gasteiger partial charge in [0.15, 0.2) is 0 Å². The Kier molecular flexibility index (Phi) is 3.32. The van der Waals surface area contributed by atoms with Gasteiger partial charge >= 0.3 is 0 Å². The molecule has 0 radical (unpaired) electrons. The number of ether oxygens (including phenoxy) is 1. The van der Waals surface area contributed by atoms with Gasteiger partial charge in [-0.3, -0.25) is 4.68 Å². The van der Waals surface area contributed by atoms with Crippen molar-refractivity contribution in [3.63, 3.8) is 0 Å². The Morgan fingerprint density at radius 2 is 2.15 bits per heavy atom. The highest BCUT2D eigenvalue weighted by atomic mass is 35.5. The number of aryl methyl sites for hydroxylation is 1. The zero-order valence-corrected chi connectivity index (χ0v) is 12.0. The van der Waals surface area contributed by atoms with Gasteiger partial charge in [-0.05, 0) is 36.6 Å². The second-order valence-corrected chi connectivity index (χ2v) is 5.05. The van der Waals surface area contributed by atoms with Gasteiger partial charge < -0.3 is 4.74 Å². The second-order valence-electron chi connectivity index (χ2n) is 4.69. The Morgan fingerprint density at radius 3 is 2.90 bits per heavy atom. The molecule has 1 aromatic carbocycles. The molecule has 1 atom stereocenters. The van der Waals surface area contributed by atoms with E-state index in [1.165, 1.54) is 0 Å². The first-order valence-electron chi connectivity index (χ1n) is 6.33. The lowest BCUT2D eigenvalue weighted by atomic mass is 10.1. The third kappa shape index (κ3) is 2.47. The fourth-order valence-electron chi connectivity index (χ4n) is 2.11. The highest BCUT2D eigenvalue weighted by Gasteiger charge is 2.10. The van der Waals surface area contributed by atoms with Gasteiger partial charge in [0, 0.05) is 30.4 Å². The van der Waals surface area contributed by atoms with Crippen LogP contribution in [0.25, 0.3) is 10.8 Å². The van der Waals surface area contributed by atoms with E-state index in [2.05, 4.69) is 10.1 Å². The predicted molar refractivity (Wildman–Crippen MR) is 79.0 cm³/mol. The molecular weight excluding hydrogens is 274 g/mol. The zero-order valence-electron chi connectivity index (χ0n) is 11.2. The first kappa shape index (κ1) is 12.9. The molecule has 0 amide bonds. The quantitative estimate of drug-likeness (QED) is 0.689. The van der Waals surface area contributed by atoms with E-state index >= 15 is 0 Å². The zero-order chi connectivity index (χ0) is 14.1. The maximum Gasteiger partial charge on any atom is 0.136 e. The summed E-state index contributed by atoms with van der Waals surface area (Å²) < 4.78 is 7.71. The molecule has 5 heteroatoms. The SMILES string of the molecule is CC(Oc1ccc2c(Cl)nccc2c1)c1cnn(C)c1. The summed E-state index contributed by atoms with van der Waals surface area (Å²) in [6.45, 7) is 2.00. The maximum atomic E-state index is 6.05. The lowest BCUT2D eigenvalue weighted by Crippen LogP contribution is -2.02. The number of aromatic nitrogens is 3. The third-order valence-electron chi connectivity index (χ3n) is 3.19. The van der Waals surface area contributed by atoms with E-state index in [0.717, 1.165) is 22.1 Å². The average Bonchev–Trinajstić information content (AvgIpc) is 2.86. The topological polar surface area (TPSA) is 39.9 Å². The van der Waals surface area contributed by atoms with Crippen LogP contribution in [0.2, 0.25) is 5.15 Å². The smallest absolute Gasteiger partial charge is 0.136 e. The van der Waals surface area contributed by atoms with Crippen LogP contribution in [0.3, 0.4) is 0 Å². The molecule has 0 bridgehead atoms. The summed E-state index contributed by atoms with van der Waals surface area (Å²) in [5, 5.41) is 6.60. The molecule has 0 N–H and O–H groups in total. The van der Waals surface area contributed by atoms with E-state index in [-0.39, 0.29) is 6.10 Å². The second kappa shape index (κ2) is 5.13. The minimum absolute atomic E-state index is 0.0570. The maximum absolute atomic E-state index is 6.05. The Balaban J connectivity index is 1.87. The molecule has 2 heterocycles. The summed E-state index contributed by atoms with van der Waals surface area (Å²) in [5.74, 6) is 0.802. The summed E-state index contributed by atoms with van der Waals surface area (Å²) in [6.07, 6.45) is 5.40. The number of hydrogen-bond acceptors (Lipinski definition) is 3. The van der Waals surface area contributed by atoms with Gasteiger partial charge in [-0.2, -0.15) is 5.10 Å². The van der Waals surface area contributed by atoms with Gasteiger partial charge in [-0.15, -0.1) is 0 Å². The van der Waals surface area contributed by atoms with Gasteiger partial charge in [0.05, 0.1) is 6.20 Å². The van der Waals surface area contributed by atoms with E-state index in [1.54, 1.807) is 10.9 Å². The van der Waals surface area contributed by atoms with Crippen molar-refractivity contribution in [3.8, 4) is 5.75 Å². The molecule has 0 aliphatic carbocycles. The number of hydrogen-bond donors (Lipinski definition) is 0. The minimum Gasteiger partial charge on any atom is -0.486 e.